The average Bonchev–Trinajstić information content (AvgIpc) is 3.61. The molecule has 1 aromatic heterocycles. The lowest BCUT2D eigenvalue weighted by Gasteiger charge is -2.30. The number of hydrogen-bond donors (Lipinski definition) is 2. The molecule has 2 fully saturated rings. The molecule has 3 amide bonds. The van der Waals surface area contributed by atoms with Gasteiger partial charge in [-0.2, -0.15) is 0 Å². The molecule has 6 rings (SSSR count). The predicted molar refractivity (Wildman–Crippen MR) is 185 cm³/mol. The summed E-state index contributed by atoms with van der Waals surface area (Å²) >= 11 is 0. The Morgan fingerprint density at radius 2 is 1.88 bits per heavy atom. The Morgan fingerprint density at radius 1 is 1.10 bits per heavy atom. The minimum absolute atomic E-state index is 0.0652. The van der Waals surface area contributed by atoms with Gasteiger partial charge in [-0.1, -0.05) is 42.5 Å². The number of allylic oxidation sites excluding steroid dienone is 1. The summed E-state index contributed by atoms with van der Waals surface area (Å²) < 4.78 is 23.0. The van der Waals surface area contributed by atoms with E-state index in [2.05, 4.69) is 10.6 Å². The molecule has 0 radical (unpaired) electrons. The van der Waals surface area contributed by atoms with E-state index in [1.54, 1.807) is 34.8 Å². The Hall–Kier alpha value is -5.13. The molecule has 2 aromatic carbocycles. The van der Waals surface area contributed by atoms with Gasteiger partial charge in [0, 0.05) is 35.4 Å². The number of fused-ring (bicyclic) bond motifs is 3. The third-order valence-electron chi connectivity index (χ3n) is 9.17. The van der Waals surface area contributed by atoms with E-state index in [1.165, 1.54) is 4.90 Å². The van der Waals surface area contributed by atoms with Crippen LogP contribution in [0.3, 0.4) is 0 Å². The summed E-state index contributed by atoms with van der Waals surface area (Å²) in [5, 5.41) is 6.43. The number of nitrogens with zero attached hydrogens (tertiary/aromatic N) is 2. The third-order valence-corrected chi connectivity index (χ3v) is 9.17. The number of methoxy groups -OCH3 is 1. The highest BCUT2D eigenvalue weighted by atomic mass is 16.6. The van der Waals surface area contributed by atoms with Crippen molar-refractivity contribution >= 4 is 34.8 Å². The van der Waals surface area contributed by atoms with E-state index in [0.717, 1.165) is 10.9 Å². The second-order valence-corrected chi connectivity index (χ2v) is 13.9. The number of pyridine rings is 1. The molecule has 3 aliphatic rings. The Labute approximate surface area is 291 Å². The topological polar surface area (TPSA) is 145 Å². The van der Waals surface area contributed by atoms with Crippen LogP contribution in [0.1, 0.15) is 53.4 Å². The zero-order valence-electron chi connectivity index (χ0n) is 29.1. The summed E-state index contributed by atoms with van der Waals surface area (Å²) in [4.78, 5) is 60.8. The maximum absolute atomic E-state index is 14.3. The quantitative estimate of drug-likeness (QED) is 0.261. The van der Waals surface area contributed by atoms with Crippen LogP contribution >= 0.6 is 0 Å². The molecule has 2 N–H and O–H groups in total. The van der Waals surface area contributed by atoms with Gasteiger partial charge in [-0.05, 0) is 59.1 Å². The van der Waals surface area contributed by atoms with Gasteiger partial charge < -0.3 is 34.5 Å². The highest BCUT2D eigenvalue weighted by Gasteiger charge is 2.62. The van der Waals surface area contributed by atoms with Crippen molar-refractivity contribution in [2.24, 2.45) is 5.92 Å². The molecule has 264 valence electrons. The van der Waals surface area contributed by atoms with Gasteiger partial charge in [0.15, 0.2) is 0 Å². The summed E-state index contributed by atoms with van der Waals surface area (Å²) in [5.74, 6) is -0.510. The van der Waals surface area contributed by atoms with Gasteiger partial charge in [-0.3, -0.25) is 9.59 Å². The van der Waals surface area contributed by atoms with Crippen LogP contribution in [0.15, 0.2) is 66.7 Å². The molecular formula is C38H44N4O8. The first-order valence-corrected chi connectivity index (χ1v) is 17.1. The lowest BCUT2D eigenvalue weighted by Crippen LogP contribution is -2.57. The lowest BCUT2D eigenvalue weighted by molar-refractivity contribution is -0.150. The van der Waals surface area contributed by atoms with Crippen LogP contribution in [0.4, 0.5) is 4.79 Å². The molecule has 1 saturated carbocycles. The highest BCUT2D eigenvalue weighted by molar-refractivity contribution is 5.97. The zero-order valence-corrected chi connectivity index (χ0v) is 29.1. The molecule has 12 heteroatoms. The Balaban J connectivity index is 1.34. The average molecular weight is 685 g/mol. The lowest BCUT2D eigenvalue weighted by atomic mass is 10.1. The normalized spacial score (nSPS) is 25.6. The van der Waals surface area contributed by atoms with Gasteiger partial charge in [0.1, 0.15) is 40.8 Å². The Kier molecular flexibility index (Phi) is 9.73. The second kappa shape index (κ2) is 14.0. The molecule has 2 aliphatic heterocycles. The minimum Gasteiger partial charge on any atom is -0.497 e. The number of rotatable bonds is 7. The predicted octanol–water partition coefficient (Wildman–Crippen LogP) is 4.94. The molecule has 3 heterocycles. The monoisotopic (exact) mass is 684 g/mol. The van der Waals surface area contributed by atoms with Crippen molar-refractivity contribution in [3.05, 3.63) is 66.7 Å². The molecular weight excluding hydrogens is 640 g/mol. The summed E-state index contributed by atoms with van der Waals surface area (Å²) in [7, 11) is 1.59. The van der Waals surface area contributed by atoms with Crippen LogP contribution in [0.25, 0.3) is 22.2 Å². The molecule has 0 unspecified atom stereocenters. The van der Waals surface area contributed by atoms with Crippen LogP contribution in [-0.4, -0.2) is 83.3 Å². The number of amides is 3. The number of alkyl carbamates (subject to hydrolysis) is 1. The maximum atomic E-state index is 14.3. The largest absolute Gasteiger partial charge is 0.497 e. The van der Waals surface area contributed by atoms with Crippen LogP contribution in [-0.2, 0) is 23.9 Å². The van der Waals surface area contributed by atoms with E-state index in [-0.39, 0.29) is 31.9 Å². The van der Waals surface area contributed by atoms with E-state index >= 15 is 0 Å². The third kappa shape index (κ3) is 7.39. The summed E-state index contributed by atoms with van der Waals surface area (Å²) in [6, 6.07) is 15.1. The first-order chi connectivity index (χ1) is 23.9. The summed E-state index contributed by atoms with van der Waals surface area (Å²) in [5.41, 5.74) is 0.261. The molecule has 1 aliphatic carbocycles. The van der Waals surface area contributed by atoms with Crippen molar-refractivity contribution in [3.63, 3.8) is 0 Å². The molecule has 0 bridgehead atoms. The molecule has 12 nitrogen and oxygen atoms in total. The smallest absolute Gasteiger partial charge is 0.408 e. The number of aromatic nitrogens is 1. The number of hydrogen-bond acceptors (Lipinski definition) is 9. The molecule has 5 atom stereocenters. The molecule has 3 aromatic rings. The van der Waals surface area contributed by atoms with Crippen LogP contribution in [0.2, 0.25) is 0 Å². The van der Waals surface area contributed by atoms with Crippen molar-refractivity contribution in [2.45, 2.75) is 82.7 Å². The maximum Gasteiger partial charge on any atom is 0.408 e. The number of esters is 1. The zero-order chi connectivity index (χ0) is 35.6. The minimum atomic E-state index is -1.20. The van der Waals surface area contributed by atoms with Gasteiger partial charge in [0.25, 0.3) is 0 Å². The van der Waals surface area contributed by atoms with Gasteiger partial charge >= 0.3 is 12.1 Å². The number of carbonyl (C=O) groups is 4. The summed E-state index contributed by atoms with van der Waals surface area (Å²) in [6.07, 6.45) is 3.67. The first-order valence-electron chi connectivity index (χ1n) is 17.1. The van der Waals surface area contributed by atoms with Crippen LogP contribution in [0.5, 0.6) is 11.5 Å². The SMILES string of the molecule is CCOC(=O)[C@@]12C[C@H]1/C=C\CC[C@H](NC(=O)OC(C)(C)C)C(=O)N1C[C@H](Oc3cc(-c4ccccc4)nc4cc(OC)ccc34)C[C@H]1C(=O)N2. The van der Waals surface area contributed by atoms with Crippen molar-refractivity contribution in [1.29, 1.82) is 0 Å². The highest BCUT2D eigenvalue weighted by Crippen LogP contribution is 2.46. The van der Waals surface area contributed by atoms with E-state index in [9.17, 15) is 19.2 Å². The second-order valence-electron chi connectivity index (χ2n) is 13.9. The summed E-state index contributed by atoms with van der Waals surface area (Å²) in [6.45, 7) is 7.19. The first kappa shape index (κ1) is 34.7. The van der Waals surface area contributed by atoms with E-state index < -0.39 is 53.2 Å². The Morgan fingerprint density at radius 3 is 2.60 bits per heavy atom. The van der Waals surface area contributed by atoms with E-state index in [1.807, 2.05) is 66.7 Å². The van der Waals surface area contributed by atoms with Crippen molar-refractivity contribution < 1.29 is 38.1 Å². The fraction of sp³-hybridized carbons (Fsp3) is 0.447. The van der Waals surface area contributed by atoms with Crippen molar-refractivity contribution in [3.8, 4) is 22.8 Å². The fourth-order valence-electron chi connectivity index (χ4n) is 6.66. The van der Waals surface area contributed by atoms with Crippen molar-refractivity contribution in [1.82, 2.24) is 20.5 Å². The van der Waals surface area contributed by atoms with Gasteiger partial charge in [0.2, 0.25) is 11.8 Å². The number of benzene rings is 2. The standard InChI is InChI=1S/C38H44N4O8/c1-6-48-35(45)38-21-24(38)14-10-11-15-28(40-36(46)50-37(2,3)4)34(44)42-22-26(19-31(42)33(43)41-38)49-32-20-29(23-12-8-7-9-13-23)39-30-18-25(47-5)16-17-27(30)32/h7-10,12-14,16-18,20,24,26,28,31H,6,11,15,19,21-22H2,1-5H3,(H,40,46)(H,41,43)/b14-10-/t24-,26-,28+,31+,38-/m1/s1. The van der Waals surface area contributed by atoms with Gasteiger partial charge in [0.05, 0.1) is 31.5 Å². The van der Waals surface area contributed by atoms with E-state index in [4.69, 9.17) is 23.9 Å². The fourth-order valence-corrected chi connectivity index (χ4v) is 6.66. The number of ether oxygens (including phenoxy) is 4. The molecule has 0 spiro atoms. The van der Waals surface area contributed by atoms with Crippen LogP contribution in [0, 0.1) is 5.92 Å². The molecule has 50 heavy (non-hydrogen) atoms. The Bertz CT molecular complexity index is 1810. The number of nitrogens with one attached hydrogen (secondary N) is 2. The van der Waals surface area contributed by atoms with Gasteiger partial charge in [-0.25, -0.2) is 14.6 Å². The number of carbonyl (C=O) groups excluding carboxylic acids is 4. The van der Waals surface area contributed by atoms with Crippen molar-refractivity contribution in [2.75, 3.05) is 20.3 Å². The van der Waals surface area contributed by atoms with E-state index in [0.29, 0.717) is 35.6 Å². The van der Waals surface area contributed by atoms with Gasteiger partial charge in [-0.15, -0.1) is 0 Å². The molecule has 1 saturated heterocycles. The van der Waals surface area contributed by atoms with Crippen LogP contribution < -0.4 is 20.1 Å².